The highest BCUT2D eigenvalue weighted by atomic mass is 79.9. The number of nitrogen functional groups attached to an aromatic ring is 1. The quantitative estimate of drug-likeness (QED) is 0.906. The van der Waals surface area contributed by atoms with Gasteiger partial charge in [-0.3, -0.25) is 5.10 Å². The molecule has 0 aliphatic rings. The third-order valence-corrected chi connectivity index (χ3v) is 3.57. The molecule has 102 valence electrons. The van der Waals surface area contributed by atoms with Gasteiger partial charge in [0.15, 0.2) is 11.5 Å². The average molecular weight is 326 g/mol. The second-order valence-electron chi connectivity index (χ2n) is 4.01. The summed E-state index contributed by atoms with van der Waals surface area (Å²) in [6.45, 7) is 2.06. The Morgan fingerprint density at radius 3 is 2.53 bits per heavy atom. The van der Waals surface area contributed by atoms with Crippen LogP contribution in [0.2, 0.25) is 0 Å². The normalized spacial score (nSPS) is 10.5. The lowest BCUT2D eigenvalue weighted by Gasteiger charge is -2.17. The molecule has 0 unspecified atom stereocenters. The molecule has 2 rings (SSSR count). The fourth-order valence-corrected chi connectivity index (χ4v) is 2.79. The highest BCUT2D eigenvalue weighted by Crippen LogP contribution is 2.43. The minimum absolute atomic E-state index is 0.457. The molecule has 0 saturated carbocycles. The molecule has 2 aromatic rings. The van der Waals surface area contributed by atoms with E-state index < -0.39 is 0 Å². The molecular weight excluding hydrogens is 310 g/mol. The molecule has 0 aliphatic heterocycles. The summed E-state index contributed by atoms with van der Waals surface area (Å²) >= 11 is 3.56. The van der Waals surface area contributed by atoms with Crippen molar-refractivity contribution < 1.29 is 9.47 Å². The molecule has 0 fully saturated rings. The molecular formula is C13H16BrN3O2. The monoisotopic (exact) mass is 325 g/mol. The summed E-state index contributed by atoms with van der Waals surface area (Å²) in [7, 11) is 3.26. The van der Waals surface area contributed by atoms with Crippen LogP contribution in [0.15, 0.2) is 16.6 Å². The summed E-state index contributed by atoms with van der Waals surface area (Å²) in [4.78, 5) is 0. The van der Waals surface area contributed by atoms with Crippen LogP contribution in [-0.4, -0.2) is 24.4 Å². The number of ether oxygens (including phenoxy) is 2. The van der Waals surface area contributed by atoms with Gasteiger partial charge < -0.3 is 15.2 Å². The zero-order valence-electron chi connectivity index (χ0n) is 11.1. The summed E-state index contributed by atoms with van der Waals surface area (Å²) in [6.07, 6.45) is 0.799. The van der Waals surface area contributed by atoms with Crippen molar-refractivity contribution in [2.24, 2.45) is 0 Å². The molecule has 5 nitrogen and oxygen atoms in total. The molecule has 0 spiro atoms. The molecule has 0 radical (unpaired) electrons. The predicted molar refractivity (Wildman–Crippen MR) is 78.6 cm³/mol. The van der Waals surface area contributed by atoms with Gasteiger partial charge in [-0.2, -0.15) is 5.10 Å². The van der Waals surface area contributed by atoms with Gasteiger partial charge in [-0.05, 0) is 28.4 Å². The SMILES string of the molecule is CCc1c(OC)c(OC)cc(Br)c1-c1cc(N)n[nH]1. The maximum Gasteiger partial charge on any atom is 0.164 e. The van der Waals surface area contributed by atoms with Crippen molar-refractivity contribution in [1.82, 2.24) is 10.2 Å². The predicted octanol–water partition coefficient (Wildman–Crippen LogP) is 3.00. The maximum atomic E-state index is 5.67. The van der Waals surface area contributed by atoms with Crippen LogP contribution in [0.4, 0.5) is 5.82 Å². The van der Waals surface area contributed by atoms with Gasteiger partial charge in [0.25, 0.3) is 0 Å². The second-order valence-corrected chi connectivity index (χ2v) is 4.86. The summed E-state index contributed by atoms with van der Waals surface area (Å²) in [5.41, 5.74) is 8.55. The summed E-state index contributed by atoms with van der Waals surface area (Å²) in [6, 6.07) is 3.68. The highest BCUT2D eigenvalue weighted by molar-refractivity contribution is 9.10. The number of halogens is 1. The first-order chi connectivity index (χ1) is 9.12. The van der Waals surface area contributed by atoms with Crippen LogP contribution in [0.5, 0.6) is 11.5 Å². The zero-order chi connectivity index (χ0) is 14.0. The highest BCUT2D eigenvalue weighted by Gasteiger charge is 2.19. The van der Waals surface area contributed by atoms with Crippen LogP contribution in [-0.2, 0) is 6.42 Å². The number of hydrogen-bond donors (Lipinski definition) is 2. The number of nitrogens with one attached hydrogen (secondary N) is 1. The Bertz CT molecular complexity index is 596. The van der Waals surface area contributed by atoms with Crippen molar-refractivity contribution >= 4 is 21.7 Å². The van der Waals surface area contributed by atoms with Gasteiger partial charge in [0.1, 0.15) is 5.82 Å². The number of methoxy groups -OCH3 is 2. The Labute approximate surface area is 120 Å². The van der Waals surface area contributed by atoms with E-state index >= 15 is 0 Å². The molecule has 0 amide bonds. The summed E-state index contributed by atoms with van der Waals surface area (Å²) in [5.74, 6) is 1.89. The van der Waals surface area contributed by atoms with Crippen LogP contribution in [0.3, 0.4) is 0 Å². The largest absolute Gasteiger partial charge is 0.493 e. The third kappa shape index (κ3) is 2.40. The molecule has 0 aliphatic carbocycles. The van der Waals surface area contributed by atoms with Crippen molar-refractivity contribution in [3.8, 4) is 22.8 Å². The number of nitrogens with zero attached hydrogens (tertiary/aromatic N) is 1. The number of aromatic nitrogens is 2. The van der Waals surface area contributed by atoms with E-state index in [9.17, 15) is 0 Å². The molecule has 6 heteroatoms. The molecule has 0 saturated heterocycles. The third-order valence-electron chi connectivity index (χ3n) is 2.94. The number of H-pyrrole nitrogens is 1. The number of rotatable bonds is 4. The molecule has 0 bridgehead atoms. The van der Waals surface area contributed by atoms with E-state index in [1.165, 1.54) is 0 Å². The minimum atomic E-state index is 0.457. The molecule has 1 heterocycles. The fourth-order valence-electron chi connectivity index (χ4n) is 2.13. The van der Waals surface area contributed by atoms with E-state index in [1.54, 1.807) is 20.3 Å². The first kappa shape index (κ1) is 13.7. The molecule has 0 atom stereocenters. The Morgan fingerprint density at radius 2 is 2.05 bits per heavy atom. The average Bonchev–Trinajstić information content (AvgIpc) is 2.83. The number of nitrogens with two attached hydrogens (primary N) is 1. The smallest absolute Gasteiger partial charge is 0.164 e. The fraction of sp³-hybridized carbons (Fsp3) is 0.308. The van der Waals surface area contributed by atoms with E-state index in [4.69, 9.17) is 15.2 Å². The topological polar surface area (TPSA) is 73.2 Å². The van der Waals surface area contributed by atoms with Crippen molar-refractivity contribution in [1.29, 1.82) is 0 Å². The number of hydrogen-bond acceptors (Lipinski definition) is 4. The van der Waals surface area contributed by atoms with Crippen LogP contribution in [0.1, 0.15) is 12.5 Å². The summed E-state index contributed by atoms with van der Waals surface area (Å²) in [5, 5.41) is 6.89. The summed E-state index contributed by atoms with van der Waals surface area (Å²) < 4.78 is 11.7. The minimum Gasteiger partial charge on any atom is -0.493 e. The Balaban J connectivity index is 2.72. The van der Waals surface area contributed by atoms with Crippen LogP contribution >= 0.6 is 15.9 Å². The standard InChI is InChI=1S/C13H16BrN3O2/c1-4-7-12(9-6-11(15)17-16-9)8(14)5-10(18-2)13(7)19-3/h5-6H,4H2,1-3H3,(H3,15,16,17). The van der Waals surface area contributed by atoms with Gasteiger partial charge in [0.2, 0.25) is 0 Å². The molecule has 1 aromatic heterocycles. The van der Waals surface area contributed by atoms with Gasteiger partial charge in [-0.1, -0.05) is 6.92 Å². The lowest BCUT2D eigenvalue weighted by molar-refractivity contribution is 0.352. The lowest BCUT2D eigenvalue weighted by Crippen LogP contribution is -1.99. The molecule has 3 N–H and O–H groups in total. The van der Waals surface area contributed by atoms with E-state index in [1.807, 2.05) is 6.07 Å². The van der Waals surface area contributed by atoms with Crippen molar-refractivity contribution in [2.75, 3.05) is 20.0 Å². The van der Waals surface area contributed by atoms with Crippen LogP contribution < -0.4 is 15.2 Å². The Hall–Kier alpha value is -1.69. The van der Waals surface area contributed by atoms with Crippen molar-refractivity contribution in [3.63, 3.8) is 0 Å². The number of anilines is 1. The second kappa shape index (κ2) is 5.52. The van der Waals surface area contributed by atoms with Crippen LogP contribution in [0, 0.1) is 0 Å². The lowest BCUT2D eigenvalue weighted by atomic mass is 10.0. The van der Waals surface area contributed by atoms with E-state index in [0.717, 1.165) is 33.5 Å². The first-order valence-electron chi connectivity index (χ1n) is 5.86. The Kier molecular flexibility index (Phi) is 3.99. The number of benzene rings is 1. The Morgan fingerprint density at radius 1 is 1.32 bits per heavy atom. The maximum absolute atomic E-state index is 5.67. The molecule has 1 aromatic carbocycles. The van der Waals surface area contributed by atoms with E-state index in [0.29, 0.717) is 11.6 Å². The van der Waals surface area contributed by atoms with Gasteiger partial charge >= 0.3 is 0 Å². The zero-order valence-corrected chi connectivity index (χ0v) is 12.7. The van der Waals surface area contributed by atoms with Crippen molar-refractivity contribution in [2.45, 2.75) is 13.3 Å². The van der Waals surface area contributed by atoms with Gasteiger partial charge in [0.05, 0.1) is 19.9 Å². The van der Waals surface area contributed by atoms with Crippen LogP contribution in [0.25, 0.3) is 11.3 Å². The van der Waals surface area contributed by atoms with E-state index in [-0.39, 0.29) is 0 Å². The van der Waals surface area contributed by atoms with Crippen molar-refractivity contribution in [3.05, 3.63) is 22.2 Å². The van der Waals surface area contributed by atoms with E-state index in [2.05, 4.69) is 33.1 Å². The number of aromatic amines is 1. The van der Waals surface area contributed by atoms with Gasteiger partial charge in [0, 0.05) is 21.7 Å². The van der Waals surface area contributed by atoms with Gasteiger partial charge in [-0.15, -0.1) is 0 Å². The first-order valence-corrected chi connectivity index (χ1v) is 6.66. The van der Waals surface area contributed by atoms with Gasteiger partial charge in [-0.25, -0.2) is 0 Å². The molecule has 19 heavy (non-hydrogen) atoms.